The molecule has 3 rings (SSSR count). The lowest BCUT2D eigenvalue weighted by Gasteiger charge is -2.16. The summed E-state index contributed by atoms with van der Waals surface area (Å²) in [4.78, 5) is 39.1. The largest absolute Gasteiger partial charge is 0.451 e. The molecule has 0 N–H and O–H groups in total. The third-order valence-corrected chi connectivity index (χ3v) is 5.29. The first kappa shape index (κ1) is 20.8. The van der Waals surface area contributed by atoms with Crippen molar-refractivity contribution in [2.24, 2.45) is 0 Å². The van der Waals surface area contributed by atoms with Crippen molar-refractivity contribution in [3.8, 4) is 5.69 Å². The zero-order valence-electron chi connectivity index (χ0n) is 15.8. The van der Waals surface area contributed by atoms with Crippen molar-refractivity contribution < 1.29 is 14.3 Å². The summed E-state index contributed by atoms with van der Waals surface area (Å²) in [5.41, 5.74) is 0.335. The average Bonchev–Trinajstić information content (AvgIpc) is 3.11. The lowest BCUT2D eigenvalue weighted by molar-refractivity contribution is -0.133. The molecule has 3 aromatic rings. The Morgan fingerprint density at radius 1 is 1.21 bits per heavy atom. The second-order valence-corrected chi connectivity index (χ2v) is 8.08. The van der Waals surface area contributed by atoms with Gasteiger partial charge in [-0.25, -0.2) is 9.48 Å². The average molecular weight is 432 g/mol. The number of benzene rings is 1. The number of hydrogen-bond donors (Lipinski definition) is 0. The van der Waals surface area contributed by atoms with Crippen LogP contribution in [0.3, 0.4) is 0 Å². The molecule has 0 atom stereocenters. The minimum atomic E-state index is -0.944. The molecule has 0 unspecified atom stereocenters. The van der Waals surface area contributed by atoms with E-state index in [-0.39, 0.29) is 5.69 Å². The van der Waals surface area contributed by atoms with Crippen molar-refractivity contribution in [3.05, 3.63) is 79.4 Å². The summed E-state index contributed by atoms with van der Waals surface area (Å²) >= 11 is 7.25. The van der Waals surface area contributed by atoms with Crippen molar-refractivity contribution in [2.75, 3.05) is 13.7 Å². The van der Waals surface area contributed by atoms with Gasteiger partial charge >= 0.3 is 5.97 Å². The third kappa shape index (κ3) is 5.10. The summed E-state index contributed by atoms with van der Waals surface area (Å²) in [6.07, 6.45) is 0. The van der Waals surface area contributed by atoms with Gasteiger partial charge in [0.15, 0.2) is 6.61 Å². The van der Waals surface area contributed by atoms with Crippen molar-refractivity contribution in [1.82, 2.24) is 14.7 Å². The Morgan fingerprint density at radius 2 is 1.93 bits per heavy atom. The molecular formula is C20H18ClN3O4S. The highest BCUT2D eigenvalue weighted by atomic mass is 35.5. The normalized spacial score (nSPS) is 10.6. The predicted octanol–water partition coefficient (Wildman–Crippen LogP) is 3.07. The van der Waals surface area contributed by atoms with Gasteiger partial charge in [-0.2, -0.15) is 5.10 Å². The van der Waals surface area contributed by atoms with Crippen LogP contribution in [0.15, 0.2) is 53.3 Å². The van der Waals surface area contributed by atoms with Crippen molar-refractivity contribution in [3.63, 3.8) is 0 Å². The first-order chi connectivity index (χ1) is 13.8. The number of aromatic nitrogens is 2. The number of halogens is 1. The van der Waals surface area contributed by atoms with E-state index in [9.17, 15) is 14.4 Å². The molecule has 0 spiro atoms. The summed E-state index contributed by atoms with van der Waals surface area (Å²) in [5.74, 6) is -1.35. The molecule has 2 heterocycles. The molecule has 29 heavy (non-hydrogen) atoms. The molecule has 0 saturated heterocycles. The first-order valence-electron chi connectivity index (χ1n) is 8.67. The molecular weight excluding hydrogens is 414 g/mol. The van der Waals surface area contributed by atoms with Gasteiger partial charge in [0.1, 0.15) is 0 Å². The maximum atomic E-state index is 12.4. The zero-order valence-corrected chi connectivity index (χ0v) is 17.4. The van der Waals surface area contributed by atoms with Crippen LogP contribution in [0.25, 0.3) is 5.69 Å². The molecule has 0 aliphatic carbocycles. The number of ether oxygens (including phenoxy) is 1. The number of rotatable bonds is 6. The number of esters is 1. The number of aryl methyl sites for hydroxylation is 1. The Hall–Kier alpha value is -2.97. The van der Waals surface area contributed by atoms with Gasteiger partial charge in [-0.15, -0.1) is 11.3 Å². The summed E-state index contributed by atoms with van der Waals surface area (Å²) in [7, 11) is 1.59. The van der Waals surface area contributed by atoms with Crippen molar-refractivity contribution in [1.29, 1.82) is 0 Å². The van der Waals surface area contributed by atoms with E-state index in [0.717, 1.165) is 4.88 Å². The first-order valence-corrected chi connectivity index (χ1v) is 9.86. The van der Waals surface area contributed by atoms with E-state index in [0.29, 0.717) is 22.3 Å². The van der Waals surface area contributed by atoms with Gasteiger partial charge in [0.25, 0.3) is 5.91 Å². The van der Waals surface area contributed by atoms with Crippen molar-refractivity contribution >= 4 is 34.8 Å². The van der Waals surface area contributed by atoms with Crippen LogP contribution in [0.2, 0.25) is 4.34 Å². The molecule has 1 amide bonds. The number of likely N-dealkylation sites (N-methyl/N-ethyl adjacent to an activating group) is 1. The second kappa shape index (κ2) is 9.02. The van der Waals surface area contributed by atoms with Gasteiger partial charge in [-0.05, 0) is 31.2 Å². The van der Waals surface area contributed by atoms with E-state index < -0.39 is 23.9 Å². The van der Waals surface area contributed by atoms with E-state index in [2.05, 4.69) is 5.10 Å². The van der Waals surface area contributed by atoms with Crippen LogP contribution < -0.4 is 5.43 Å². The lowest BCUT2D eigenvalue weighted by Crippen LogP contribution is -2.32. The molecule has 7 nitrogen and oxygen atoms in total. The second-order valence-electron chi connectivity index (χ2n) is 6.28. The van der Waals surface area contributed by atoms with Gasteiger partial charge in [0.05, 0.1) is 16.6 Å². The molecule has 2 aromatic heterocycles. The topological polar surface area (TPSA) is 81.5 Å². The Labute approximate surface area is 176 Å². The standard InChI is InChI=1S/C20H18ClN3O4S/c1-13-10-16(25)19(22-24(13)14-6-4-3-5-7-14)20(27)28-12-18(26)23(2)11-15-8-9-17(21)29-15/h3-10H,11-12H2,1-2H3. The molecule has 0 saturated carbocycles. The Morgan fingerprint density at radius 3 is 2.59 bits per heavy atom. The number of hydrogen-bond acceptors (Lipinski definition) is 6. The van der Waals surface area contributed by atoms with Gasteiger partial charge in [-0.1, -0.05) is 29.8 Å². The highest BCUT2D eigenvalue weighted by Gasteiger charge is 2.19. The zero-order chi connectivity index (χ0) is 21.0. The minimum Gasteiger partial charge on any atom is -0.451 e. The van der Waals surface area contributed by atoms with Crippen LogP contribution in [0, 0.1) is 6.92 Å². The SMILES string of the molecule is Cc1cc(=O)c(C(=O)OCC(=O)N(C)Cc2ccc(Cl)s2)nn1-c1ccccc1. The number of thiophene rings is 1. The molecule has 0 aliphatic rings. The number of carbonyl (C=O) groups excluding carboxylic acids is 2. The summed E-state index contributed by atoms with van der Waals surface area (Å²) in [6, 6.07) is 14.0. The van der Waals surface area contributed by atoms with Gasteiger partial charge < -0.3 is 9.64 Å². The van der Waals surface area contributed by atoms with E-state index in [4.69, 9.17) is 16.3 Å². The molecule has 150 valence electrons. The maximum absolute atomic E-state index is 12.4. The summed E-state index contributed by atoms with van der Waals surface area (Å²) in [5, 5.41) is 4.13. The molecule has 1 aromatic carbocycles. The van der Waals surface area contributed by atoms with Crippen LogP contribution in [0.4, 0.5) is 0 Å². The molecule has 0 aliphatic heterocycles. The Balaban J connectivity index is 1.69. The lowest BCUT2D eigenvalue weighted by atomic mass is 10.3. The Bertz CT molecular complexity index is 1090. The molecule has 0 bridgehead atoms. The van der Waals surface area contributed by atoms with E-state index >= 15 is 0 Å². The molecule has 0 fully saturated rings. The fourth-order valence-corrected chi connectivity index (χ4v) is 3.72. The van der Waals surface area contributed by atoms with Gasteiger partial charge in [-0.3, -0.25) is 9.59 Å². The Kier molecular flexibility index (Phi) is 6.46. The number of nitrogens with zero attached hydrogens (tertiary/aromatic N) is 3. The van der Waals surface area contributed by atoms with Gasteiger partial charge in [0, 0.05) is 23.7 Å². The fraction of sp³-hybridized carbons (Fsp3) is 0.200. The quantitative estimate of drug-likeness (QED) is 0.560. The van der Waals surface area contributed by atoms with Crippen molar-refractivity contribution in [2.45, 2.75) is 13.5 Å². The molecule has 0 radical (unpaired) electrons. The highest BCUT2D eigenvalue weighted by Crippen LogP contribution is 2.22. The van der Waals surface area contributed by atoms with E-state index in [1.165, 1.54) is 27.0 Å². The van der Waals surface area contributed by atoms with Crippen LogP contribution in [-0.4, -0.2) is 40.2 Å². The monoisotopic (exact) mass is 431 g/mol. The van der Waals surface area contributed by atoms with Crippen LogP contribution in [0.1, 0.15) is 21.1 Å². The number of carbonyl (C=O) groups is 2. The smallest absolute Gasteiger partial charge is 0.363 e. The third-order valence-electron chi connectivity index (χ3n) is 4.08. The predicted molar refractivity (Wildman–Crippen MR) is 111 cm³/mol. The maximum Gasteiger partial charge on any atom is 0.363 e. The fourth-order valence-electron chi connectivity index (χ4n) is 2.58. The van der Waals surface area contributed by atoms with E-state index in [1.54, 1.807) is 32.2 Å². The summed E-state index contributed by atoms with van der Waals surface area (Å²) < 4.78 is 7.15. The summed E-state index contributed by atoms with van der Waals surface area (Å²) in [6.45, 7) is 1.57. The van der Waals surface area contributed by atoms with Gasteiger partial charge in [0.2, 0.25) is 11.1 Å². The van der Waals surface area contributed by atoms with Crippen LogP contribution in [-0.2, 0) is 16.1 Å². The molecule has 9 heteroatoms. The number of para-hydroxylation sites is 1. The van der Waals surface area contributed by atoms with Crippen LogP contribution in [0.5, 0.6) is 0 Å². The van der Waals surface area contributed by atoms with Crippen LogP contribution >= 0.6 is 22.9 Å². The number of amides is 1. The minimum absolute atomic E-state index is 0.345. The van der Waals surface area contributed by atoms with E-state index in [1.807, 2.05) is 24.3 Å². The highest BCUT2D eigenvalue weighted by molar-refractivity contribution is 7.16.